The van der Waals surface area contributed by atoms with Crippen molar-refractivity contribution in [2.45, 2.75) is 56.2 Å². The molecule has 7 heteroatoms. The first kappa shape index (κ1) is 27.4. The van der Waals surface area contributed by atoms with Gasteiger partial charge in [-0.05, 0) is 60.6 Å². The van der Waals surface area contributed by atoms with Crippen LogP contribution < -0.4 is 10.2 Å². The number of esters is 1. The number of hydrogen-bond acceptors (Lipinski definition) is 5. The minimum Gasteiger partial charge on any atom is -0.457 e. The number of aromatic nitrogens is 1. The Balaban J connectivity index is 1.35. The van der Waals surface area contributed by atoms with Crippen LogP contribution in [0.25, 0.3) is 0 Å². The molecule has 212 valence electrons. The lowest BCUT2D eigenvalue weighted by molar-refractivity contribution is -0.131. The highest BCUT2D eigenvalue weighted by Crippen LogP contribution is 2.51. The van der Waals surface area contributed by atoms with Gasteiger partial charge in [0, 0.05) is 24.5 Å². The summed E-state index contributed by atoms with van der Waals surface area (Å²) in [6.07, 6.45) is 4.93. The van der Waals surface area contributed by atoms with E-state index in [9.17, 15) is 14.4 Å². The zero-order valence-corrected chi connectivity index (χ0v) is 23.3. The zero-order chi connectivity index (χ0) is 28.9. The molecule has 6 rings (SSSR count). The lowest BCUT2D eigenvalue weighted by Crippen LogP contribution is -2.63. The summed E-state index contributed by atoms with van der Waals surface area (Å²) in [5.74, 6) is -0.782. The van der Waals surface area contributed by atoms with Crippen molar-refractivity contribution in [2.24, 2.45) is 0 Å². The first-order valence-electron chi connectivity index (χ1n) is 14.5. The summed E-state index contributed by atoms with van der Waals surface area (Å²) in [6.45, 7) is 0.410. The van der Waals surface area contributed by atoms with Crippen LogP contribution in [0.15, 0.2) is 109 Å². The Hall–Kier alpha value is -4.78. The zero-order valence-electron chi connectivity index (χ0n) is 23.3. The molecule has 7 nitrogen and oxygen atoms in total. The van der Waals surface area contributed by atoms with Gasteiger partial charge in [-0.15, -0.1) is 0 Å². The largest absolute Gasteiger partial charge is 0.457 e. The number of carbonyl (C=O) groups excluding carboxylic acids is 3. The van der Waals surface area contributed by atoms with Gasteiger partial charge in [0.25, 0.3) is 0 Å². The standard InChI is InChI=1S/C35H33N3O4/c39-31(20-19-25-11-3-1-4-12-25)37-32-30(42-33(40)27-15-10-22-36-23-27)18-9-21-35(32)28-16-7-8-17-29(28)38(34(35)41)24-26-13-5-2-6-14-26/h1-8,10-17,22-23,30,32H,9,18-21,24H2,(H,37,39)/t30-,32+,35+/m1/s1. The minimum absolute atomic E-state index is 0.0805. The van der Waals surface area contributed by atoms with Crippen LogP contribution >= 0.6 is 0 Å². The maximum atomic E-state index is 14.6. The average Bonchev–Trinajstić information content (AvgIpc) is 3.26. The molecule has 1 aromatic heterocycles. The lowest BCUT2D eigenvalue weighted by atomic mass is 9.65. The van der Waals surface area contributed by atoms with E-state index in [1.54, 1.807) is 18.3 Å². The smallest absolute Gasteiger partial charge is 0.340 e. The van der Waals surface area contributed by atoms with Crippen molar-refractivity contribution >= 4 is 23.5 Å². The molecule has 2 aliphatic rings. The van der Waals surface area contributed by atoms with Crippen LogP contribution in [-0.2, 0) is 32.7 Å². The van der Waals surface area contributed by atoms with Crippen LogP contribution in [0.4, 0.5) is 5.69 Å². The molecule has 1 spiro atoms. The molecule has 3 aromatic carbocycles. The molecule has 0 bridgehead atoms. The van der Waals surface area contributed by atoms with Crippen molar-refractivity contribution in [1.29, 1.82) is 0 Å². The van der Waals surface area contributed by atoms with E-state index in [0.717, 1.165) is 22.4 Å². The van der Waals surface area contributed by atoms with Crippen LogP contribution in [0.2, 0.25) is 0 Å². The summed E-state index contributed by atoms with van der Waals surface area (Å²) >= 11 is 0. The summed E-state index contributed by atoms with van der Waals surface area (Å²) in [5, 5.41) is 3.21. The Kier molecular flexibility index (Phi) is 7.82. The van der Waals surface area contributed by atoms with Gasteiger partial charge in [-0.3, -0.25) is 14.6 Å². The Bertz CT molecular complexity index is 1560. The second-order valence-corrected chi connectivity index (χ2v) is 11.0. The van der Waals surface area contributed by atoms with Crippen molar-refractivity contribution in [3.8, 4) is 0 Å². The third-order valence-corrected chi connectivity index (χ3v) is 8.40. The summed E-state index contributed by atoms with van der Waals surface area (Å²) in [5.41, 5.74) is 3.02. The normalized spacial score (nSPS) is 21.1. The summed E-state index contributed by atoms with van der Waals surface area (Å²) in [7, 11) is 0. The fourth-order valence-corrected chi connectivity index (χ4v) is 6.42. The van der Waals surface area contributed by atoms with Gasteiger partial charge >= 0.3 is 5.97 Å². The highest BCUT2D eigenvalue weighted by molar-refractivity contribution is 6.09. The van der Waals surface area contributed by atoms with E-state index in [4.69, 9.17) is 4.74 Å². The Morgan fingerprint density at radius 2 is 1.62 bits per heavy atom. The maximum Gasteiger partial charge on any atom is 0.340 e. The van der Waals surface area contributed by atoms with Crippen molar-refractivity contribution in [2.75, 3.05) is 4.90 Å². The molecular weight excluding hydrogens is 526 g/mol. The summed E-state index contributed by atoms with van der Waals surface area (Å²) in [4.78, 5) is 47.3. The molecule has 42 heavy (non-hydrogen) atoms. The predicted octanol–water partition coefficient (Wildman–Crippen LogP) is 5.39. The maximum absolute atomic E-state index is 14.6. The van der Waals surface area contributed by atoms with Crippen LogP contribution in [0.5, 0.6) is 0 Å². The molecule has 2 heterocycles. The van der Waals surface area contributed by atoms with Gasteiger partial charge in [-0.2, -0.15) is 0 Å². The second-order valence-electron chi connectivity index (χ2n) is 11.0. The molecule has 1 N–H and O–H groups in total. The molecule has 0 saturated heterocycles. The number of ether oxygens (including phenoxy) is 1. The summed E-state index contributed by atoms with van der Waals surface area (Å²) < 4.78 is 6.09. The molecule has 4 aromatic rings. The number of nitrogens with zero attached hydrogens (tertiary/aromatic N) is 2. The quantitative estimate of drug-likeness (QED) is 0.292. The van der Waals surface area contributed by atoms with Crippen molar-refractivity contribution in [3.63, 3.8) is 0 Å². The number of hydrogen-bond donors (Lipinski definition) is 1. The van der Waals surface area contributed by atoms with E-state index in [1.807, 2.05) is 89.8 Å². The number of rotatable bonds is 8. The van der Waals surface area contributed by atoms with Gasteiger partial charge in [0.1, 0.15) is 11.5 Å². The highest BCUT2D eigenvalue weighted by atomic mass is 16.5. The second kappa shape index (κ2) is 12.0. The van der Waals surface area contributed by atoms with Gasteiger partial charge in [-0.1, -0.05) is 78.9 Å². The topological polar surface area (TPSA) is 88.6 Å². The fourth-order valence-electron chi connectivity index (χ4n) is 6.42. The first-order valence-corrected chi connectivity index (χ1v) is 14.5. The van der Waals surface area contributed by atoms with Crippen molar-refractivity contribution < 1.29 is 19.1 Å². The number of aryl methyl sites for hydroxylation is 1. The van der Waals surface area contributed by atoms with Crippen LogP contribution in [0, 0.1) is 0 Å². The first-order chi connectivity index (χ1) is 20.6. The Labute approximate surface area is 245 Å². The average molecular weight is 560 g/mol. The Morgan fingerprint density at radius 3 is 2.36 bits per heavy atom. The van der Waals surface area contributed by atoms with Crippen LogP contribution in [0.1, 0.15) is 52.7 Å². The van der Waals surface area contributed by atoms with E-state index in [1.165, 1.54) is 6.20 Å². The molecule has 1 fully saturated rings. The van der Waals surface area contributed by atoms with Gasteiger partial charge in [-0.25, -0.2) is 4.79 Å². The van der Waals surface area contributed by atoms with E-state index in [0.29, 0.717) is 37.8 Å². The number of benzene rings is 3. The molecule has 3 atom stereocenters. The minimum atomic E-state index is -1.06. The molecule has 1 aliphatic heterocycles. The number of amides is 2. The van der Waals surface area contributed by atoms with E-state index in [2.05, 4.69) is 10.3 Å². The number of anilines is 1. The van der Waals surface area contributed by atoms with E-state index < -0.39 is 23.5 Å². The Morgan fingerprint density at radius 1 is 0.905 bits per heavy atom. The molecule has 0 unspecified atom stereocenters. The molecule has 2 amide bonds. The van der Waals surface area contributed by atoms with Crippen molar-refractivity contribution in [3.05, 3.63) is 132 Å². The highest BCUT2D eigenvalue weighted by Gasteiger charge is 2.60. The van der Waals surface area contributed by atoms with E-state index in [-0.39, 0.29) is 18.2 Å². The number of carbonyl (C=O) groups is 3. The molecule has 1 aliphatic carbocycles. The molecular formula is C35H33N3O4. The van der Waals surface area contributed by atoms with Gasteiger partial charge in [0.05, 0.1) is 18.2 Å². The third-order valence-electron chi connectivity index (χ3n) is 8.40. The van der Waals surface area contributed by atoms with Gasteiger partial charge in [0.15, 0.2) is 0 Å². The van der Waals surface area contributed by atoms with Crippen molar-refractivity contribution in [1.82, 2.24) is 10.3 Å². The summed E-state index contributed by atoms with van der Waals surface area (Å²) in [6, 6.07) is 30.1. The van der Waals surface area contributed by atoms with Gasteiger partial charge < -0.3 is 15.0 Å². The number of para-hydroxylation sites is 1. The lowest BCUT2D eigenvalue weighted by Gasteiger charge is -2.44. The fraction of sp³-hybridized carbons (Fsp3) is 0.257. The van der Waals surface area contributed by atoms with Crippen LogP contribution in [-0.4, -0.2) is 34.9 Å². The van der Waals surface area contributed by atoms with Gasteiger partial charge in [0.2, 0.25) is 11.8 Å². The van der Waals surface area contributed by atoms with E-state index >= 15 is 0 Å². The SMILES string of the molecule is O=C(CCc1ccccc1)N[C@H]1[C@H](OC(=O)c2cccnc2)CCC[C@@]12C(=O)N(Cc1ccccc1)c1ccccc12. The molecule has 0 radical (unpaired) electrons. The number of nitrogens with one attached hydrogen (secondary N) is 1. The third kappa shape index (κ3) is 5.30. The number of pyridine rings is 1. The monoisotopic (exact) mass is 559 g/mol. The van der Waals surface area contributed by atoms with Crippen LogP contribution in [0.3, 0.4) is 0 Å². The molecule has 1 saturated carbocycles. The number of fused-ring (bicyclic) bond motifs is 2. The predicted molar refractivity (Wildman–Crippen MR) is 160 cm³/mol.